The molecular formula is C13H21FN2. The first-order chi connectivity index (χ1) is 7.84. The third-order valence-corrected chi connectivity index (χ3v) is 2.53. The summed E-state index contributed by atoms with van der Waals surface area (Å²) < 4.78 is 11.8. The lowest BCUT2D eigenvalue weighted by atomic mass is 10.3. The highest BCUT2D eigenvalue weighted by Crippen LogP contribution is 2.10. The Hall–Kier alpha value is -1.09. The molecule has 0 aliphatic heterocycles. The maximum atomic E-state index is 11.8. The Balaban J connectivity index is 2.09. The van der Waals surface area contributed by atoms with Gasteiger partial charge in [-0.25, -0.2) is 0 Å². The van der Waals surface area contributed by atoms with Crippen LogP contribution in [0.4, 0.5) is 10.1 Å². The van der Waals surface area contributed by atoms with Crippen LogP contribution in [0.1, 0.15) is 12.8 Å². The van der Waals surface area contributed by atoms with Gasteiger partial charge in [-0.3, -0.25) is 4.39 Å². The van der Waals surface area contributed by atoms with Crippen molar-refractivity contribution in [1.82, 2.24) is 5.32 Å². The third-order valence-electron chi connectivity index (χ3n) is 2.53. The molecule has 90 valence electrons. The number of anilines is 1. The van der Waals surface area contributed by atoms with Crippen molar-refractivity contribution in [2.45, 2.75) is 12.8 Å². The number of hydrogen-bond acceptors (Lipinski definition) is 2. The smallest absolute Gasteiger partial charge is 0.0906 e. The van der Waals surface area contributed by atoms with E-state index in [0.717, 1.165) is 26.1 Å². The minimum absolute atomic E-state index is 0.225. The highest BCUT2D eigenvalue weighted by molar-refractivity contribution is 5.44. The summed E-state index contributed by atoms with van der Waals surface area (Å²) >= 11 is 0. The van der Waals surface area contributed by atoms with Crippen LogP contribution in [0.25, 0.3) is 0 Å². The zero-order valence-corrected chi connectivity index (χ0v) is 9.95. The highest BCUT2D eigenvalue weighted by Gasteiger charge is 1.98. The number of halogens is 1. The van der Waals surface area contributed by atoms with E-state index in [1.54, 1.807) is 0 Å². The number of alkyl halides is 1. The zero-order chi connectivity index (χ0) is 11.6. The quantitative estimate of drug-likeness (QED) is 0.682. The lowest BCUT2D eigenvalue weighted by Gasteiger charge is -2.19. The van der Waals surface area contributed by atoms with Crippen molar-refractivity contribution < 1.29 is 4.39 Å². The average Bonchev–Trinajstić information content (AvgIpc) is 2.34. The second-order valence-electron chi connectivity index (χ2n) is 3.90. The predicted octanol–water partition coefficient (Wildman–Crippen LogP) is 2.46. The van der Waals surface area contributed by atoms with Crippen molar-refractivity contribution in [1.29, 1.82) is 0 Å². The zero-order valence-electron chi connectivity index (χ0n) is 9.95. The average molecular weight is 224 g/mol. The van der Waals surface area contributed by atoms with Crippen LogP contribution in [-0.4, -0.2) is 33.4 Å². The van der Waals surface area contributed by atoms with Gasteiger partial charge in [0.25, 0.3) is 0 Å². The Morgan fingerprint density at radius 3 is 2.50 bits per heavy atom. The molecule has 0 atom stereocenters. The molecule has 3 heteroatoms. The molecule has 16 heavy (non-hydrogen) atoms. The molecule has 0 aliphatic carbocycles. The van der Waals surface area contributed by atoms with Crippen LogP contribution in [0.3, 0.4) is 0 Å². The molecule has 0 saturated heterocycles. The van der Waals surface area contributed by atoms with Crippen molar-refractivity contribution >= 4 is 5.69 Å². The fourth-order valence-corrected chi connectivity index (χ4v) is 1.57. The van der Waals surface area contributed by atoms with Crippen molar-refractivity contribution in [2.75, 3.05) is 38.3 Å². The van der Waals surface area contributed by atoms with E-state index in [2.05, 4.69) is 29.4 Å². The van der Waals surface area contributed by atoms with Gasteiger partial charge < -0.3 is 10.2 Å². The maximum Gasteiger partial charge on any atom is 0.0906 e. The molecule has 1 N–H and O–H groups in total. The van der Waals surface area contributed by atoms with E-state index in [0.29, 0.717) is 6.42 Å². The maximum absolute atomic E-state index is 11.8. The summed E-state index contributed by atoms with van der Waals surface area (Å²) in [6.45, 7) is 2.53. The summed E-state index contributed by atoms with van der Waals surface area (Å²) in [5.74, 6) is 0. The number of nitrogens with zero attached hydrogens (tertiary/aromatic N) is 1. The Bertz CT molecular complexity index is 264. The monoisotopic (exact) mass is 224 g/mol. The number of rotatable bonds is 8. The Kier molecular flexibility index (Phi) is 6.58. The normalized spacial score (nSPS) is 10.4. The topological polar surface area (TPSA) is 15.3 Å². The lowest BCUT2D eigenvalue weighted by Crippen LogP contribution is -2.24. The number of nitrogens with one attached hydrogen (secondary N) is 1. The Morgan fingerprint density at radius 2 is 1.81 bits per heavy atom. The first-order valence-electron chi connectivity index (χ1n) is 5.87. The van der Waals surface area contributed by atoms with Gasteiger partial charge in [0.15, 0.2) is 0 Å². The molecule has 0 bridgehead atoms. The third kappa shape index (κ3) is 5.12. The number of para-hydroxylation sites is 1. The van der Waals surface area contributed by atoms with Crippen LogP contribution in [-0.2, 0) is 0 Å². The number of benzene rings is 1. The van der Waals surface area contributed by atoms with Gasteiger partial charge >= 0.3 is 0 Å². The fraction of sp³-hybridized carbons (Fsp3) is 0.538. The second-order valence-corrected chi connectivity index (χ2v) is 3.90. The SMILES string of the molecule is CN(CCCNCCCF)c1ccccc1. The van der Waals surface area contributed by atoms with Crippen molar-refractivity contribution in [3.63, 3.8) is 0 Å². The molecule has 0 radical (unpaired) electrons. The van der Waals surface area contributed by atoms with Gasteiger partial charge in [-0.2, -0.15) is 0 Å². The summed E-state index contributed by atoms with van der Waals surface area (Å²) in [6, 6.07) is 10.3. The van der Waals surface area contributed by atoms with Gasteiger partial charge in [0.2, 0.25) is 0 Å². The molecule has 0 fully saturated rings. The Morgan fingerprint density at radius 1 is 1.12 bits per heavy atom. The van der Waals surface area contributed by atoms with E-state index in [9.17, 15) is 4.39 Å². The van der Waals surface area contributed by atoms with Crippen LogP contribution in [0.5, 0.6) is 0 Å². The van der Waals surface area contributed by atoms with E-state index >= 15 is 0 Å². The first-order valence-corrected chi connectivity index (χ1v) is 5.87. The molecule has 1 aromatic rings. The van der Waals surface area contributed by atoms with Gasteiger partial charge in [-0.05, 0) is 38.1 Å². The molecule has 0 aliphatic rings. The van der Waals surface area contributed by atoms with E-state index in [4.69, 9.17) is 0 Å². The molecule has 2 nitrogen and oxygen atoms in total. The second kappa shape index (κ2) is 8.11. The van der Waals surface area contributed by atoms with E-state index in [1.807, 2.05) is 18.2 Å². The van der Waals surface area contributed by atoms with Crippen LogP contribution >= 0.6 is 0 Å². The molecular weight excluding hydrogens is 203 g/mol. The molecule has 1 aromatic carbocycles. The van der Waals surface area contributed by atoms with Crippen molar-refractivity contribution in [2.24, 2.45) is 0 Å². The standard InChI is InChI=1S/C13H21FN2/c1-16(13-7-3-2-4-8-13)12-6-11-15-10-5-9-14/h2-4,7-8,15H,5-6,9-12H2,1H3. The lowest BCUT2D eigenvalue weighted by molar-refractivity contribution is 0.458. The van der Waals surface area contributed by atoms with Gasteiger partial charge in [0, 0.05) is 19.3 Å². The molecule has 0 unspecified atom stereocenters. The fourth-order valence-electron chi connectivity index (χ4n) is 1.57. The van der Waals surface area contributed by atoms with Crippen LogP contribution in [0.2, 0.25) is 0 Å². The largest absolute Gasteiger partial charge is 0.375 e. The molecule has 0 amide bonds. The molecule has 0 saturated carbocycles. The predicted molar refractivity (Wildman–Crippen MR) is 67.8 cm³/mol. The molecule has 0 aromatic heterocycles. The molecule has 1 rings (SSSR count). The van der Waals surface area contributed by atoms with Gasteiger partial charge in [-0.1, -0.05) is 18.2 Å². The molecule has 0 heterocycles. The van der Waals surface area contributed by atoms with Gasteiger partial charge in [-0.15, -0.1) is 0 Å². The van der Waals surface area contributed by atoms with Gasteiger partial charge in [0.1, 0.15) is 0 Å². The Labute approximate surface area is 97.5 Å². The van der Waals surface area contributed by atoms with E-state index in [-0.39, 0.29) is 6.67 Å². The number of hydrogen-bond donors (Lipinski definition) is 1. The van der Waals surface area contributed by atoms with Crippen LogP contribution in [0.15, 0.2) is 30.3 Å². The highest BCUT2D eigenvalue weighted by atomic mass is 19.1. The summed E-state index contributed by atoms with van der Waals surface area (Å²) in [4.78, 5) is 2.23. The summed E-state index contributed by atoms with van der Waals surface area (Å²) in [5.41, 5.74) is 1.24. The minimum atomic E-state index is -0.225. The van der Waals surface area contributed by atoms with Crippen LogP contribution in [0, 0.1) is 0 Å². The first kappa shape index (κ1) is 13.0. The molecule has 0 spiro atoms. The summed E-state index contributed by atoms with van der Waals surface area (Å²) in [5, 5.41) is 3.23. The van der Waals surface area contributed by atoms with Gasteiger partial charge in [0.05, 0.1) is 6.67 Å². The summed E-state index contributed by atoms with van der Waals surface area (Å²) in [7, 11) is 2.09. The summed E-state index contributed by atoms with van der Waals surface area (Å²) in [6.07, 6.45) is 1.70. The van der Waals surface area contributed by atoms with Crippen molar-refractivity contribution in [3.05, 3.63) is 30.3 Å². The van der Waals surface area contributed by atoms with Crippen LogP contribution < -0.4 is 10.2 Å². The minimum Gasteiger partial charge on any atom is -0.375 e. The van der Waals surface area contributed by atoms with E-state index in [1.165, 1.54) is 5.69 Å². The van der Waals surface area contributed by atoms with E-state index < -0.39 is 0 Å². The van der Waals surface area contributed by atoms with Crippen molar-refractivity contribution in [3.8, 4) is 0 Å².